The van der Waals surface area contributed by atoms with Gasteiger partial charge in [-0.05, 0) is 5.56 Å². The molecule has 62 heteroatoms. The van der Waals surface area contributed by atoms with E-state index >= 15 is 0 Å². The van der Waals surface area contributed by atoms with Gasteiger partial charge >= 0.3 is 90.4 Å². The predicted molar refractivity (Wildman–Crippen MR) is 309 cm³/mol. The van der Waals surface area contributed by atoms with Gasteiger partial charge in [0.1, 0.15) is 110 Å². The van der Waals surface area contributed by atoms with Crippen LogP contribution >= 0.6 is 0 Å². The van der Waals surface area contributed by atoms with Crippen molar-refractivity contribution in [2.24, 2.45) is 0 Å². The molecule has 0 unspecified atom stereocenters. The summed E-state index contributed by atoms with van der Waals surface area (Å²) in [6.07, 6.45) is -75.9. The molecule has 0 spiro atoms. The minimum Gasteiger partial charge on any atom is -0.479 e. The van der Waals surface area contributed by atoms with Crippen LogP contribution in [0.5, 0.6) is 0 Å². The van der Waals surface area contributed by atoms with E-state index < -0.39 is 301 Å². The number of carboxylic acids is 3. The van der Waals surface area contributed by atoms with E-state index in [0.29, 0.717) is 0 Å². The van der Waals surface area contributed by atoms with Crippen LogP contribution in [0.2, 0.25) is 0 Å². The molecule has 7 rings (SSSR count). The predicted octanol–water partition coefficient (Wildman–Crippen LogP) is -14.1. The van der Waals surface area contributed by atoms with Gasteiger partial charge in [0, 0.05) is 0 Å². The monoisotopic (exact) mass is 1680 g/mol. The Bertz CT molecular complexity index is 4000. The van der Waals surface area contributed by atoms with Crippen LogP contribution in [0, 0.1) is 0 Å². The zero-order valence-electron chi connectivity index (χ0n) is 51.4. The summed E-state index contributed by atoms with van der Waals surface area (Å²) in [5.41, 5.74) is 0.208. The molecular weight excluding hydrogens is 1610 g/mol. The summed E-state index contributed by atoms with van der Waals surface area (Å²) in [6.45, 7) is -5.49. The summed E-state index contributed by atoms with van der Waals surface area (Å²) in [4.78, 5) is 38.7. The van der Waals surface area contributed by atoms with Crippen LogP contribution in [0.1, 0.15) is 5.56 Å². The summed E-state index contributed by atoms with van der Waals surface area (Å²) in [6, 6.07) is -1.16. The number of hydrogen-bond donors (Lipinski definition) is 22. The highest BCUT2D eigenvalue weighted by Gasteiger charge is 2.62. The van der Waals surface area contributed by atoms with Crippen molar-refractivity contribution >= 4 is 90.4 Å². The second-order valence-electron chi connectivity index (χ2n) is 22.5. The van der Waals surface area contributed by atoms with Crippen molar-refractivity contribution < 1.29 is 240 Å². The Morgan fingerprint density at radius 3 is 1.07 bits per heavy atom. The fraction of sp³-hybridized carbons (Fsp3) is 0.791. The molecule has 606 valence electrons. The minimum absolute atomic E-state index is 0.208. The molecule has 0 amide bonds. The van der Waals surface area contributed by atoms with E-state index in [2.05, 4.69) is 16.7 Å². The molecule has 6 fully saturated rings. The van der Waals surface area contributed by atoms with Crippen LogP contribution in [0.15, 0.2) is 30.3 Å². The number of aliphatic hydroxyl groups is 9. The Kier molecular flexibility index (Phi) is 29.1. The van der Waals surface area contributed by atoms with E-state index in [4.69, 9.17) is 61.4 Å². The van der Waals surface area contributed by atoms with E-state index in [1.165, 1.54) is 44.5 Å². The molecule has 6 saturated heterocycles. The first-order valence-corrected chi connectivity index (χ1v) is 38.3. The highest BCUT2D eigenvalue weighted by atomic mass is 32.3. The first-order chi connectivity index (χ1) is 48.2. The second-order valence-corrected chi connectivity index (χ2v) is 30.3. The zero-order valence-corrected chi connectivity index (χ0v) is 57.1. The molecule has 0 bridgehead atoms. The molecule has 55 nitrogen and oxygen atoms in total. The van der Waals surface area contributed by atoms with Crippen molar-refractivity contribution in [1.82, 2.24) is 14.2 Å². The molecular formula is C43H65N3O52S7. The van der Waals surface area contributed by atoms with Crippen molar-refractivity contribution in [3.63, 3.8) is 0 Å². The number of carboxylic acid groups (broad SMARTS) is 3. The number of hydrogen-bond acceptors (Lipinski definition) is 42. The summed E-state index contributed by atoms with van der Waals surface area (Å²) in [5.74, 6) is -6.94. The molecule has 0 aliphatic carbocycles. The van der Waals surface area contributed by atoms with Crippen molar-refractivity contribution in [2.75, 3.05) is 19.8 Å². The van der Waals surface area contributed by atoms with Gasteiger partial charge in [0.2, 0.25) is 0 Å². The van der Waals surface area contributed by atoms with Crippen molar-refractivity contribution in [3.05, 3.63) is 35.9 Å². The second kappa shape index (κ2) is 34.6. The van der Waals surface area contributed by atoms with Gasteiger partial charge in [0.25, 0.3) is 0 Å². The van der Waals surface area contributed by atoms with Gasteiger partial charge in [-0.3, -0.25) is 31.9 Å². The zero-order chi connectivity index (χ0) is 78.9. The van der Waals surface area contributed by atoms with Gasteiger partial charge in [-0.25, -0.2) is 31.1 Å². The van der Waals surface area contributed by atoms with E-state index in [-0.39, 0.29) is 5.56 Å². The summed E-state index contributed by atoms with van der Waals surface area (Å²) in [5, 5.41) is 132. The van der Waals surface area contributed by atoms with Crippen LogP contribution in [0.25, 0.3) is 0 Å². The third-order valence-corrected chi connectivity index (χ3v) is 18.9. The topological polar surface area (TPSA) is 858 Å². The lowest BCUT2D eigenvalue weighted by atomic mass is 9.94. The number of rotatable bonds is 33. The lowest BCUT2D eigenvalue weighted by molar-refractivity contribution is -0.376. The number of aliphatic hydroxyl groups excluding tert-OH is 9. The average Bonchev–Trinajstić information content (AvgIpc) is 0.764. The van der Waals surface area contributed by atoms with Crippen LogP contribution in [0.3, 0.4) is 0 Å². The number of nitrogens with one attached hydrogen (secondary N) is 3. The highest BCUT2D eigenvalue weighted by Crippen LogP contribution is 2.40. The molecule has 22 N–H and O–H groups in total. The van der Waals surface area contributed by atoms with Gasteiger partial charge in [-0.1, -0.05) is 30.3 Å². The van der Waals surface area contributed by atoms with Gasteiger partial charge in [-0.2, -0.15) is 73.1 Å². The third-order valence-electron chi connectivity index (χ3n) is 15.4. The molecule has 6 aliphatic heterocycles. The van der Waals surface area contributed by atoms with Crippen LogP contribution < -0.4 is 14.2 Å². The Labute approximate surface area is 588 Å². The van der Waals surface area contributed by atoms with E-state index in [9.17, 15) is 162 Å². The van der Waals surface area contributed by atoms with Crippen LogP contribution in [0.4, 0.5) is 0 Å². The number of aliphatic carboxylic acids is 3. The first-order valence-electron chi connectivity index (χ1n) is 28.5. The smallest absolute Gasteiger partial charge is 0.397 e. The number of benzene rings is 1. The SMILES string of the molecule is O=C(O)[C@H]1O[C@H](O[C@@H]2[C@H](O)[C@@H](NS(=O)(=O)O)[C@H](O[C@H]3[C@@H](OCc4ccccc4)[C@H](OS(=O)(=O)O)[C@H](O)O[C@@H]3C(=O)O)O[C@H]2CO)[C@H](OS(=O)(=O)O)[C@@H](O)[C@H]1O[C@@H]1O[C@@H](CO)[C@H](O[C@H]2O[C@H](C(=O)O)[C@H](O[C@@H]3O[C@@H](COS(=O)(=O)O)[C@H](O)[C@H](O)[C@H]3NS(=O)(=O)O)[C@H](O)[C@H]2OS(=O)(=O)O)[C@H](O)[C@H]1NS(=O)(=O)O. The summed E-state index contributed by atoms with van der Waals surface area (Å²) >= 11 is 0. The van der Waals surface area contributed by atoms with E-state index in [1.54, 1.807) is 0 Å². The fourth-order valence-electron chi connectivity index (χ4n) is 11.1. The van der Waals surface area contributed by atoms with Crippen LogP contribution in [-0.4, -0.2) is 374 Å². The van der Waals surface area contributed by atoms with Gasteiger partial charge in [-0.15, -0.1) is 0 Å². The average molecular weight is 1680 g/mol. The summed E-state index contributed by atoms with van der Waals surface area (Å²) in [7, 11) is -40.8. The maximum Gasteiger partial charge on any atom is 0.397 e. The normalized spacial score (nSPS) is 39.3. The van der Waals surface area contributed by atoms with Gasteiger partial charge < -0.3 is 118 Å². The van der Waals surface area contributed by atoms with Crippen molar-refractivity contribution in [3.8, 4) is 0 Å². The Morgan fingerprint density at radius 1 is 0.371 bits per heavy atom. The van der Waals surface area contributed by atoms with Gasteiger partial charge in [0.05, 0.1) is 26.4 Å². The minimum atomic E-state index is -6.15. The fourth-order valence-corrected chi connectivity index (χ4v) is 14.7. The maximum absolute atomic E-state index is 13.2. The molecule has 1 aromatic rings. The van der Waals surface area contributed by atoms with Crippen LogP contribution in [-0.2, 0) is 167 Å². The maximum atomic E-state index is 13.2. The quantitative estimate of drug-likeness (QED) is 0.0291. The lowest BCUT2D eigenvalue weighted by Crippen LogP contribution is -2.71. The molecule has 0 saturated carbocycles. The number of carbonyl (C=O) groups is 3. The Hall–Kier alpha value is -4.12. The molecule has 30 atom stereocenters. The van der Waals surface area contributed by atoms with Gasteiger partial charge in [0.15, 0.2) is 74.4 Å². The highest BCUT2D eigenvalue weighted by molar-refractivity contribution is 7.84. The van der Waals surface area contributed by atoms with Crippen molar-refractivity contribution in [2.45, 2.75) is 191 Å². The third kappa shape index (κ3) is 23.7. The molecule has 6 aliphatic rings. The largest absolute Gasteiger partial charge is 0.479 e. The standard InChI is InChI=1S/C43H65N3O52S7/c47-6-11-23(89-42-27(96-103(74,75)76)21(53)25(31(94-42)35(55)56)91-39-14(44-99(62,63)64)18(50)17(49)13(87-39)9-84-102(71,72)73)19(51)15(45-100(65,66)67)40(85-11)92-26-22(54)28(97-104(77,78)79)43(95-32(26)36(57)58)90-24-12(7-48)86-41(16(20(24)52)46-101(68,69)70)93-30-29(83-8-10-4-2-1-3-5-10)34(98-105(80,81)82)38(61)88-33(30)37(59)60/h1-5,11-34,38-54,61H,6-9H2,(H,55,56)(H,57,58)(H,59,60)(H,62,63,64)(H,65,66,67)(H,68,69,70)(H,71,72,73)(H,74,75,76)(H,77,78,79)(H,80,81,82)/t11-,12-,13-,14+,15+,16+,17-,18+,19+,20+,21-,22-,23-,24-,25+,26+,27+,28+,29+,30-,31-,32-,33-,34-,38+,39-,40-,41-,42-,43-/m0/s1. The lowest BCUT2D eigenvalue weighted by Gasteiger charge is -2.50. The first kappa shape index (κ1) is 88.1. The molecule has 105 heavy (non-hydrogen) atoms. The van der Waals surface area contributed by atoms with E-state index in [1.807, 2.05) is 0 Å². The van der Waals surface area contributed by atoms with E-state index in [0.717, 1.165) is 0 Å². The molecule has 0 radical (unpaired) electrons. The van der Waals surface area contributed by atoms with Crippen molar-refractivity contribution in [1.29, 1.82) is 0 Å². The Balaban J connectivity index is 1.19. The summed E-state index contributed by atoms with van der Waals surface area (Å²) < 4.78 is 325. The molecule has 1 aromatic carbocycles. The molecule has 6 heterocycles. The number of ether oxygens (including phenoxy) is 12. The molecule has 0 aromatic heterocycles. The Morgan fingerprint density at radius 2 is 0.714 bits per heavy atom.